The van der Waals surface area contributed by atoms with Crippen LogP contribution in [0.15, 0.2) is 12.5 Å². The van der Waals surface area contributed by atoms with Gasteiger partial charge in [0.2, 0.25) is 0 Å². The standard InChI is InChI=1S/C12H26N2O/c1-10(2)14(9-7-8-13)11(3)15-12(4,5)6/h10H,3,7-9,13H2,1-2,4-6H3. The molecule has 0 aromatic rings. The molecule has 0 atom stereocenters. The van der Waals surface area contributed by atoms with Gasteiger partial charge in [-0.15, -0.1) is 0 Å². The molecule has 0 heterocycles. The van der Waals surface area contributed by atoms with E-state index in [0.29, 0.717) is 12.6 Å². The zero-order valence-electron chi connectivity index (χ0n) is 10.8. The largest absolute Gasteiger partial charge is 0.474 e. The predicted molar refractivity (Wildman–Crippen MR) is 65.5 cm³/mol. The first-order valence-corrected chi connectivity index (χ1v) is 5.62. The number of rotatable bonds is 6. The summed E-state index contributed by atoms with van der Waals surface area (Å²) >= 11 is 0. The normalized spacial score (nSPS) is 11.7. The fraction of sp³-hybridized carbons (Fsp3) is 0.833. The summed E-state index contributed by atoms with van der Waals surface area (Å²) in [4.78, 5) is 2.15. The first-order chi connectivity index (χ1) is 6.78. The van der Waals surface area contributed by atoms with Crippen LogP contribution in [0, 0.1) is 0 Å². The van der Waals surface area contributed by atoms with Crippen molar-refractivity contribution in [1.29, 1.82) is 0 Å². The lowest BCUT2D eigenvalue weighted by Gasteiger charge is -2.34. The Bertz CT molecular complexity index is 194. The van der Waals surface area contributed by atoms with Gasteiger partial charge in [0.15, 0.2) is 5.88 Å². The Morgan fingerprint density at radius 3 is 2.27 bits per heavy atom. The summed E-state index contributed by atoms with van der Waals surface area (Å²) in [5.41, 5.74) is 5.32. The van der Waals surface area contributed by atoms with Crippen LogP contribution in [-0.4, -0.2) is 29.6 Å². The summed E-state index contributed by atoms with van der Waals surface area (Å²) in [5, 5.41) is 0. The van der Waals surface area contributed by atoms with Crippen LogP contribution in [0.5, 0.6) is 0 Å². The molecule has 0 aromatic carbocycles. The zero-order valence-corrected chi connectivity index (χ0v) is 10.8. The smallest absolute Gasteiger partial charge is 0.182 e. The fourth-order valence-electron chi connectivity index (χ4n) is 1.34. The Kier molecular flexibility index (Phi) is 5.73. The van der Waals surface area contributed by atoms with E-state index in [4.69, 9.17) is 10.5 Å². The van der Waals surface area contributed by atoms with Gasteiger partial charge in [0.1, 0.15) is 5.60 Å². The Morgan fingerprint density at radius 2 is 1.93 bits per heavy atom. The van der Waals surface area contributed by atoms with Crippen molar-refractivity contribution in [3.05, 3.63) is 12.5 Å². The van der Waals surface area contributed by atoms with Gasteiger partial charge >= 0.3 is 0 Å². The van der Waals surface area contributed by atoms with Crippen LogP contribution >= 0.6 is 0 Å². The van der Waals surface area contributed by atoms with Gasteiger partial charge in [0.25, 0.3) is 0 Å². The van der Waals surface area contributed by atoms with Gasteiger partial charge in [-0.1, -0.05) is 0 Å². The van der Waals surface area contributed by atoms with Crippen LogP contribution in [0.2, 0.25) is 0 Å². The van der Waals surface area contributed by atoms with Gasteiger partial charge in [-0.2, -0.15) is 0 Å². The van der Waals surface area contributed by atoms with Crippen molar-refractivity contribution in [3.63, 3.8) is 0 Å². The number of hydrogen-bond donors (Lipinski definition) is 1. The number of nitrogens with zero attached hydrogens (tertiary/aromatic N) is 1. The van der Waals surface area contributed by atoms with Gasteiger partial charge in [0, 0.05) is 12.6 Å². The molecule has 0 amide bonds. The van der Waals surface area contributed by atoms with Crippen LogP contribution in [0.1, 0.15) is 41.0 Å². The van der Waals surface area contributed by atoms with E-state index in [1.54, 1.807) is 0 Å². The van der Waals surface area contributed by atoms with Crippen molar-refractivity contribution in [3.8, 4) is 0 Å². The first-order valence-electron chi connectivity index (χ1n) is 5.62. The van der Waals surface area contributed by atoms with Crippen molar-refractivity contribution in [2.24, 2.45) is 5.73 Å². The highest BCUT2D eigenvalue weighted by Gasteiger charge is 2.18. The monoisotopic (exact) mass is 214 g/mol. The van der Waals surface area contributed by atoms with Crippen LogP contribution in [0.4, 0.5) is 0 Å². The number of ether oxygens (including phenoxy) is 1. The minimum Gasteiger partial charge on any atom is -0.474 e. The lowest BCUT2D eigenvalue weighted by Crippen LogP contribution is -2.35. The van der Waals surface area contributed by atoms with Crippen molar-refractivity contribution >= 4 is 0 Å². The fourth-order valence-corrected chi connectivity index (χ4v) is 1.34. The Hall–Kier alpha value is -0.700. The maximum atomic E-state index is 5.75. The summed E-state index contributed by atoms with van der Waals surface area (Å²) in [6, 6.07) is 0.395. The molecule has 0 aliphatic rings. The van der Waals surface area contributed by atoms with Gasteiger partial charge in [0.05, 0.1) is 0 Å². The SMILES string of the molecule is C=C(OC(C)(C)C)N(CCCN)C(C)C. The molecule has 0 aliphatic heterocycles. The average molecular weight is 214 g/mol. The van der Waals surface area contributed by atoms with Crippen LogP contribution in [-0.2, 0) is 4.74 Å². The second-order valence-corrected chi connectivity index (χ2v) is 5.04. The number of hydrogen-bond acceptors (Lipinski definition) is 3. The summed E-state index contributed by atoms with van der Waals surface area (Å²) in [7, 11) is 0. The van der Waals surface area contributed by atoms with Crippen LogP contribution in [0.3, 0.4) is 0 Å². The van der Waals surface area contributed by atoms with E-state index >= 15 is 0 Å². The maximum Gasteiger partial charge on any atom is 0.182 e. The third-order valence-electron chi connectivity index (χ3n) is 1.97. The topological polar surface area (TPSA) is 38.5 Å². The molecule has 0 fully saturated rings. The highest BCUT2D eigenvalue weighted by atomic mass is 16.5. The lowest BCUT2D eigenvalue weighted by molar-refractivity contribution is -0.00519. The second-order valence-electron chi connectivity index (χ2n) is 5.04. The zero-order chi connectivity index (χ0) is 12.1. The summed E-state index contributed by atoms with van der Waals surface area (Å²) in [5.74, 6) is 0.742. The molecule has 0 saturated heterocycles. The Morgan fingerprint density at radius 1 is 1.40 bits per heavy atom. The molecule has 90 valence electrons. The molecule has 0 saturated carbocycles. The molecule has 0 spiro atoms. The van der Waals surface area contributed by atoms with Crippen LogP contribution < -0.4 is 5.73 Å². The van der Waals surface area contributed by atoms with Crippen molar-refractivity contribution in [2.45, 2.75) is 52.7 Å². The minimum atomic E-state index is -0.188. The summed E-state index contributed by atoms with van der Waals surface area (Å²) < 4.78 is 5.75. The molecular weight excluding hydrogens is 188 g/mol. The van der Waals surface area contributed by atoms with E-state index < -0.39 is 0 Å². The first kappa shape index (κ1) is 14.3. The maximum absolute atomic E-state index is 5.75. The molecule has 3 nitrogen and oxygen atoms in total. The Labute approximate surface area is 94.3 Å². The van der Waals surface area contributed by atoms with E-state index in [2.05, 4.69) is 25.3 Å². The van der Waals surface area contributed by atoms with E-state index in [0.717, 1.165) is 18.8 Å². The third-order valence-corrected chi connectivity index (χ3v) is 1.97. The third kappa shape index (κ3) is 6.39. The van der Waals surface area contributed by atoms with Gasteiger partial charge in [-0.25, -0.2) is 0 Å². The second kappa shape index (κ2) is 6.01. The Balaban J connectivity index is 4.29. The predicted octanol–water partition coefficient (Wildman–Crippen LogP) is 2.33. The molecule has 0 radical (unpaired) electrons. The van der Waals surface area contributed by atoms with Crippen molar-refractivity contribution in [1.82, 2.24) is 4.90 Å². The molecule has 0 rings (SSSR count). The van der Waals surface area contributed by atoms with Crippen molar-refractivity contribution < 1.29 is 4.74 Å². The van der Waals surface area contributed by atoms with E-state index in [-0.39, 0.29) is 5.60 Å². The molecule has 0 aromatic heterocycles. The highest BCUT2D eigenvalue weighted by molar-refractivity contribution is 4.88. The molecule has 0 unspecified atom stereocenters. The molecule has 2 N–H and O–H groups in total. The van der Waals surface area contributed by atoms with E-state index in [1.807, 2.05) is 20.8 Å². The summed E-state index contributed by atoms with van der Waals surface area (Å²) in [6.45, 7) is 15.9. The van der Waals surface area contributed by atoms with Gasteiger partial charge in [-0.3, -0.25) is 0 Å². The van der Waals surface area contributed by atoms with Gasteiger partial charge in [-0.05, 0) is 54.2 Å². The van der Waals surface area contributed by atoms with Crippen LogP contribution in [0.25, 0.3) is 0 Å². The van der Waals surface area contributed by atoms with E-state index in [1.165, 1.54) is 0 Å². The van der Waals surface area contributed by atoms with E-state index in [9.17, 15) is 0 Å². The molecule has 3 heteroatoms. The summed E-state index contributed by atoms with van der Waals surface area (Å²) in [6.07, 6.45) is 0.963. The van der Waals surface area contributed by atoms with Crippen molar-refractivity contribution in [2.75, 3.05) is 13.1 Å². The number of nitrogens with two attached hydrogens (primary N) is 1. The average Bonchev–Trinajstić information content (AvgIpc) is 2.00. The molecule has 0 aliphatic carbocycles. The lowest BCUT2D eigenvalue weighted by atomic mass is 10.2. The quantitative estimate of drug-likeness (QED) is 0.690. The molecule has 15 heavy (non-hydrogen) atoms. The highest BCUT2D eigenvalue weighted by Crippen LogP contribution is 2.17. The molecule has 0 bridgehead atoms. The molecular formula is C12H26N2O. The van der Waals surface area contributed by atoms with Gasteiger partial charge < -0.3 is 15.4 Å². The minimum absolute atomic E-state index is 0.188.